The van der Waals surface area contributed by atoms with E-state index in [-0.39, 0.29) is 12.1 Å². The molecule has 0 fully saturated rings. The lowest BCUT2D eigenvalue weighted by atomic mass is 10.2. The minimum atomic E-state index is -0.333. The molecule has 0 spiro atoms. The highest BCUT2D eigenvalue weighted by Crippen LogP contribution is 2.18. The minimum absolute atomic E-state index is 0.275. The largest absolute Gasteiger partial charge is 0.316 e. The van der Waals surface area contributed by atoms with E-state index >= 15 is 0 Å². The van der Waals surface area contributed by atoms with Crippen LogP contribution in [0.5, 0.6) is 0 Å². The van der Waals surface area contributed by atoms with E-state index in [1.54, 1.807) is 18.6 Å². The summed E-state index contributed by atoms with van der Waals surface area (Å²) in [5.41, 5.74) is 8.12. The van der Waals surface area contributed by atoms with Gasteiger partial charge in [-0.2, -0.15) is 5.10 Å². The summed E-state index contributed by atoms with van der Waals surface area (Å²) in [4.78, 5) is 8.51. The summed E-state index contributed by atoms with van der Waals surface area (Å²) in [5, 5.41) is 4.26. The molecule has 0 radical (unpaired) electrons. The van der Waals surface area contributed by atoms with Gasteiger partial charge < -0.3 is 5.73 Å². The SMILES string of the molecule is Cc1cnc(C(N)c2ccnn2C(C)C)nc1. The van der Waals surface area contributed by atoms with Crippen LogP contribution in [0.2, 0.25) is 0 Å². The van der Waals surface area contributed by atoms with Gasteiger partial charge in [0.1, 0.15) is 6.04 Å². The Kier molecular flexibility index (Phi) is 3.19. The highest BCUT2D eigenvalue weighted by Gasteiger charge is 2.17. The van der Waals surface area contributed by atoms with Crippen LogP contribution in [-0.2, 0) is 0 Å². The van der Waals surface area contributed by atoms with Crippen molar-refractivity contribution in [1.29, 1.82) is 0 Å². The molecular weight excluding hydrogens is 214 g/mol. The van der Waals surface area contributed by atoms with Gasteiger partial charge in [-0.1, -0.05) is 0 Å². The average Bonchev–Trinajstić information content (AvgIpc) is 2.78. The standard InChI is InChI=1S/C12H17N5/c1-8(2)17-10(4-5-16-17)11(13)12-14-6-9(3)7-15-12/h4-8,11H,13H2,1-3H3. The second-order valence-electron chi connectivity index (χ2n) is 4.39. The lowest BCUT2D eigenvalue weighted by Gasteiger charge is -2.15. The van der Waals surface area contributed by atoms with Crippen molar-refractivity contribution in [3.05, 3.63) is 41.7 Å². The Morgan fingerprint density at radius 2 is 1.88 bits per heavy atom. The number of hydrogen-bond donors (Lipinski definition) is 1. The Bertz CT molecular complexity index is 486. The quantitative estimate of drug-likeness (QED) is 0.871. The summed E-state index contributed by atoms with van der Waals surface area (Å²) in [6.45, 7) is 6.09. The molecule has 5 heteroatoms. The van der Waals surface area contributed by atoms with Crippen molar-refractivity contribution in [1.82, 2.24) is 19.7 Å². The van der Waals surface area contributed by atoms with Crippen LogP contribution in [0.3, 0.4) is 0 Å². The number of hydrogen-bond acceptors (Lipinski definition) is 4. The first-order valence-electron chi connectivity index (χ1n) is 5.67. The van der Waals surface area contributed by atoms with E-state index in [0.29, 0.717) is 5.82 Å². The van der Waals surface area contributed by atoms with Crippen molar-refractivity contribution in [2.75, 3.05) is 0 Å². The van der Waals surface area contributed by atoms with Crippen molar-refractivity contribution in [2.45, 2.75) is 32.9 Å². The number of aryl methyl sites for hydroxylation is 1. The lowest BCUT2D eigenvalue weighted by Crippen LogP contribution is -2.20. The average molecular weight is 231 g/mol. The fourth-order valence-electron chi connectivity index (χ4n) is 1.70. The summed E-state index contributed by atoms with van der Waals surface area (Å²) in [6.07, 6.45) is 5.31. The van der Waals surface area contributed by atoms with Crippen LogP contribution < -0.4 is 5.73 Å². The third-order valence-corrected chi connectivity index (χ3v) is 2.59. The molecule has 1 unspecified atom stereocenters. The Hall–Kier alpha value is -1.75. The third-order valence-electron chi connectivity index (χ3n) is 2.59. The summed E-state index contributed by atoms with van der Waals surface area (Å²) >= 11 is 0. The van der Waals surface area contributed by atoms with E-state index in [1.807, 2.05) is 17.7 Å². The molecule has 0 saturated carbocycles. The van der Waals surface area contributed by atoms with E-state index in [4.69, 9.17) is 5.73 Å². The highest BCUT2D eigenvalue weighted by atomic mass is 15.3. The molecule has 0 aliphatic rings. The maximum atomic E-state index is 6.16. The van der Waals surface area contributed by atoms with Crippen molar-refractivity contribution < 1.29 is 0 Å². The number of aromatic nitrogens is 4. The first-order chi connectivity index (χ1) is 8.09. The maximum absolute atomic E-state index is 6.16. The zero-order valence-corrected chi connectivity index (χ0v) is 10.3. The molecule has 90 valence electrons. The van der Waals surface area contributed by atoms with E-state index < -0.39 is 0 Å². The van der Waals surface area contributed by atoms with Gasteiger partial charge in [0.2, 0.25) is 0 Å². The lowest BCUT2D eigenvalue weighted by molar-refractivity contribution is 0.495. The molecule has 17 heavy (non-hydrogen) atoms. The Balaban J connectivity index is 2.33. The normalized spacial score (nSPS) is 13.0. The molecule has 2 N–H and O–H groups in total. The smallest absolute Gasteiger partial charge is 0.151 e. The van der Waals surface area contributed by atoms with Gasteiger partial charge >= 0.3 is 0 Å². The topological polar surface area (TPSA) is 69.6 Å². The Labute approximate surface area is 101 Å². The van der Waals surface area contributed by atoms with Crippen molar-refractivity contribution in [2.24, 2.45) is 5.73 Å². The first-order valence-corrected chi connectivity index (χ1v) is 5.67. The predicted molar refractivity (Wildman–Crippen MR) is 65.4 cm³/mol. The number of nitrogens with zero attached hydrogens (tertiary/aromatic N) is 4. The van der Waals surface area contributed by atoms with Crippen molar-refractivity contribution in [3.63, 3.8) is 0 Å². The molecule has 0 bridgehead atoms. The zero-order chi connectivity index (χ0) is 12.4. The van der Waals surface area contributed by atoms with Crippen molar-refractivity contribution >= 4 is 0 Å². The maximum Gasteiger partial charge on any atom is 0.151 e. The van der Waals surface area contributed by atoms with Crippen LogP contribution in [-0.4, -0.2) is 19.7 Å². The van der Waals surface area contributed by atoms with E-state index in [2.05, 4.69) is 28.9 Å². The summed E-state index contributed by atoms with van der Waals surface area (Å²) in [5.74, 6) is 0.623. The van der Waals surface area contributed by atoms with Gasteiger partial charge in [-0.15, -0.1) is 0 Å². The summed E-state index contributed by atoms with van der Waals surface area (Å²) in [7, 11) is 0. The summed E-state index contributed by atoms with van der Waals surface area (Å²) in [6, 6.07) is 1.85. The van der Waals surface area contributed by atoms with E-state index in [0.717, 1.165) is 11.3 Å². The highest BCUT2D eigenvalue weighted by molar-refractivity contribution is 5.17. The van der Waals surface area contributed by atoms with Crippen LogP contribution in [0.1, 0.15) is 43.0 Å². The minimum Gasteiger partial charge on any atom is -0.316 e. The second-order valence-corrected chi connectivity index (χ2v) is 4.39. The summed E-state index contributed by atoms with van der Waals surface area (Å²) < 4.78 is 1.90. The fourth-order valence-corrected chi connectivity index (χ4v) is 1.70. The van der Waals surface area contributed by atoms with Crippen LogP contribution >= 0.6 is 0 Å². The number of rotatable bonds is 3. The van der Waals surface area contributed by atoms with Crippen LogP contribution in [0.25, 0.3) is 0 Å². The molecule has 0 saturated heterocycles. The molecule has 2 aromatic heterocycles. The predicted octanol–water partition coefficient (Wildman–Crippen LogP) is 1.61. The monoisotopic (exact) mass is 231 g/mol. The third kappa shape index (κ3) is 2.34. The van der Waals surface area contributed by atoms with Gasteiger partial charge in [0.15, 0.2) is 5.82 Å². The Morgan fingerprint density at radius 3 is 2.47 bits per heavy atom. The van der Waals surface area contributed by atoms with Crippen molar-refractivity contribution in [3.8, 4) is 0 Å². The van der Waals surface area contributed by atoms with E-state index in [9.17, 15) is 0 Å². The molecule has 0 amide bonds. The van der Waals surface area contributed by atoms with Gasteiger partial charge in [-0.05, 0) is 32.4 Å². The molecule has 0 aliphatic heterocycles. The Morgan fingerprint density at radius 1 is 1.24 bits per heavy atom. The van der Waals surface area contributed by atoms with Gasteiger partial charge in [0.05, 0.1) is 5.69 Å². The second kappa shape index (κ2) is 4.63. The van der Waals surface area contributed by atoms with Crippen LogP contribution in [0.15, 0.2) is 24.7 Å². The zero-order valence-electron chi connectivity index (χ0n) is 10.3. The molecule has 2 rings (SSSR count). The molecule has 0 aliphatic carbocycles. The van der Waals surface area contributed by atoms with Crippen LogP contribution in [0, 0.1) is 6.92 Å². The molecule has 2 heterocycles. The first kappa shape index (κ1) is 11.7. The molecule has 2 aromatic rings. The molecule has 0 aromatic carbocycles. The molecule has 1 atom stereocenters. The van der Waals surface area contributed by atoms with E-state index in [1.165, 1.54) is 0 Å². The van der Waals surface area contributed by atoms with Gasteiger partial charge in [0.25, 0.3) is 0 Å². The fraction of sp³-hybridized carbons (Fsp3) is 0.417. The number of nitrogens with two attached hydrogens (primary N) is 1. The van der Waals surface area contributed by atoms with Gasteiger partial charge in [-0.25, -0.2) is 9.97 Å². The molecule has 5 nitrogen and oxygen atoms in total. The van der Waals surface area contributed by atoms with Gasteiger partial charge in [0, 0.05) is 24.6 Å². The molecular formula is C12H17N5. The van der Waals surface area contributed by atoms with Crippen LogP contribution in [0.4, 0.5) is 0 Å². The van der Waals surface area contributed by atoms with Gasteiger partial charge in [-0.3, -0.25) is 4.68 Å².